The van der Waals surface area contributed by atoms with Gasteiger partial charge in [0, 0.05) is 30.0 Å². The molecule has 2 aromatic heterocycles. The molecule has 0 radical (unpaired) electrons. The molecule has 1 aliphatic carbocycles. The van der Waals surface area contributed by atoms with Crippen molar-refractivity contribution in [2.24, 2.45) is 0 Å². The number of amides is 2. The van der Waals surface area contributed by atoms with Crippen LogP contribution >= 0.6 is 11.6 Å². The molecule has 8 nitrogen and oxygen atoms in total. The molecule has 1 fully saturated rings. The Bertz CT molecular complexity index is 1160. The molecule has 168 valence electrons. The Kier molecular flexibility index (Phi) is 6.22. The van der Waals surface area contributed by atoms with Crippen LogP contribution in [0.2, 0.25) is 5.02 Å². The van der Waals surface area contributed by atoms with E-state index < -0.39 is 18.0 Å². The number of nitrogens with one attached hydrogen (secondary N) is 2. The van der Waals surface area contributed by atoms with Gasteiger partial charge in [-0.05, 0) is 44.0 Å². The monoisotopic (exact) mass is 462 g/mol. The largest absolute Gasteiger partial charge is 0.324 e. The number of nitrogens with zero attached hydrogens (tertiary/aromatic N) is 4. The molecule has 11 heteroatoms. The number of hydrogen-bond acceptors (Lipinski definition) is 4. The minimum Gasteiger partial charge on any atom is -0.324 e. The summed E-state index contributed by atoms with van der Waals surface area (Å²) in [5.74, 6) is -0.725. The number of carbonyl (C=O) groups excluding carboxylic acids is 2. The third kappa shape index (κ3) is 4.64. The van der Waals surface area contributed by atoms with Crippen molar-refractivity contribution in [3.05, 3.63) is 58.6 Å². The van der Waals surface area contributed by atoms with Gasteiger partial charge in [-0.25, -0.2) is 8.78 Å². The Morgan fingerprint density at radius 2 is 1.91 bits per heavy atom. The van der Waals surface area contributed by atoms with Crippen LogP contribution in [-0.2, 0) is 17.9 Å². The fourth-order valence-corrected chi connectivity index (χ4v) is 3.84. The minimum absolute atomic E-state index is 0.0467. The van der Waals surface area contributed by atoms with E-state index in [1.54, 1.807) is 41.2 Å². The maximum absolute atomic E-state index is 13.2. The topological polar surface area (TPSA) is 93.8 Å². The van der Waals surface area contributed by atoms with Crippen LogP contribution in [0.1, 0.15) is 54.0 Å². The number of hydrogen-bond donors (Lipinski definition) is 2. The lowest BCUT2D eigenvalue weighted by Crippen LogP contribution is -2.21. The van der Waals surface area contributed by atoms with Crippen molar-refractivity contribution >= 4 is 34.8 Å². The second-order valence-electron chi connectivity index (χ2n) is 7.43. The van der Waals surface area contributed by atoms with Crippen LogP contribution in [0.25, 0.3) is 0 Å². The summed E-state index contributed by atoms with van der Waals surface area (Å²) < 4.78 is 29.2. The van der Waals surface area contributed by atoms with E-state index in [1.165, 1.54) is 4.68 Å². The number of halogens is 3. The van der Waals surface area contributed by atoms with Gasteiger partial charge in [-0.2, -0.15) is 10.2 Å². The average Bonchev–Trinajstić information content (AvgIpc) is 3.35. The Balaban J connectivity index is 1.45. The molecule has 1 saturated carbocycles. The van der Waals surface area contributed by atoms with E-state index in [2.05, 4.69) is 20.8 Å². The van der Waals surface area contributed by atoms with Crippen LogP contribution in [0.5, 0.6) is 0 Å². The van der Waals surface area contributed by atoms with Crippen molar-refractivity contribution in [2.75, 3.05) is 10.6 Å². The van der Waals surface area contributed by atoms with Gasteiger partial charge in [0.05, 0.1) is 10.7 Å². The third-order valence-electron chi connectivity index (χ3n) is 5.07. The van der Waals surface area contributed by atoms with Gasteiger partial charge < -0.3 is 10.6 Å². The van der Waals surface area contributed by atoms with E-state index >= 15 is 0 Å². The highest BCUT2D eigenvalue weighted by atomic mass is 35.5. The molecule has 2 N–H and O–H groups in total. The van der Waals surface area contributed by atoms with Crippen molar-refractivity contribution in [1.82, 2.24) is 19.6 Å². The molecule has 0 unspecified atom stereocenters. The van der Waals surface area contributed by atoms with Crippen LogP contribution in [0.15, 0.2) is 36.5 Å². The van der Waals surface area contributed by atoms with Crippen LogP contribution < -0.4 is 10.6 Å². The Morgan fingerprint density at radius 1 is 1.19 bits per heavy atom. The third-order valence-corrected chi connectivity index (χ3v) is 5.46. The molecule has 0 saturated heterocycles. The molecule has 32 heavy (non-hydrogen) atoms. The highest BCUT2D eigenvalue weighted by Gasteiger charge is 2.34. The van der Waals surface area contributed by atoms with Crippen LogP contribution in [0, 0.1) is 0 Å². The first kappa shape index (κ1) is 21.9. The van der Waals surface area contributed by atoms with Gasteiger partial charge >= 0.3 is 0 Å². The van der Waals surface area contributed by atoms with Crippen molar-refractivity contribution in [1.29, 1.82) is 0 Å². The standard InChI is InChI=1S/C21H21ClF2N6O2/c1-2-29-15(8-9-25-29)21(32)27-14-5-3-4-13(10-14)26-16(31)11-30-19(12-6-7-12)17(22)18(28-30)20(23)24/h3-5,8-10,12,20H,2,6-7,11H2,1H3,(H,26,31)(H,27,32). The summed E-state index contributed by atoms with van der Waals surface area (Å²) >= 11 is 6.09. The van der Waals surface area contributed by atoms with Crippen molar-refractivity contribution in [3.8, 4) is 0 Å². The second-order valence-corrected chi connectivity index (χ2v) is 7.81. The molecule has 1 aromatic carbocycles. The molecule has 2 heterocycles. The molecule has 1 aliphatic rings. The minimum atomic E-state index is -2.81. The molecular formula is C21H21ClF2N6O2. The summed E-state index contributed by atoms with van der Waals surface area (Å²) in [6.45, 7) is 2.19. The lowest BCUT2D eigenvalue weighted by atomic mass is 10.2. The van der Waals surface area contributed by atoms with Gasteiger partial charge in [-0.3, -0.25) is 19.0 Å². The summed E-state index contributed by atoms with van der Waals surface area (Å²) in [6.07, 6.45) is 0.392. The molecule has 0 spiro atoms. The fraction of sp³-hybridized carbons (Fsp3) is 0.333. The lowest BCUT2D eigenvalue weighted by molar-refractivity contribution is -0.117. The van der Waals surface area contributed by atoms with E-state index in [0.717, 1.165) is 12.8 Å². The van der Waals surface area contributed by atoms with Gasteiger partial charge in [0.2, 0.25) is 5.91 Å². The van der Waals surface area contributed by atoms with Gasteiger partial charge in [-0.15, -0.1) is 0 Å². The van der Waals surface area contributed by atoms with Gasteiger partial charge in [0.15, 0.2) is 0 Å². The zero-order valence-corrected chi connectivity index (χ0v) is 17.9. The molecule has 3 aromatic rings. The van der Waals surface area contributed by atoms with E-state index in [0.29, 0.717) is 29.3 Å². The van der Waals surface area contributed by atoms with Gasteiger partial charge in [0.1, 0.15) is 17.9 Å². The number of benzene rings is 1. The highest BCUT2D eigenvalue weighted by Crippen LogP contribution is 2.45. The molecule has 0 aliphatic heterocycles. The number of anilines is 2. The maximum Gasteiger partial charge on any atom is 0.283 e. The smallest absolute Gasteiger partial charge is 0.283 e. The summed E-state index contributed by atoms with van der Waals surface area (Å²) in [7, 11) is 0. The SMILES string of the molecule is CCn1nccc1C(=O)Nc1cccc(NC(=O)Cn2nc(C(F)F)c(Cl)c2C2CC2)c1. The number of aromatic nitrogens is 4. The summed E-state index contributed by atoms with van der Waals surface area (Å²) in [5.41, 5.74) is 1.32. The van der Waals surface area contributed by atoms with E-state index in [9.17, 15) is 18.4 Å². The fourth-order valence-electron chi connectivity index (χ4n) is 3.46. The predicted octanol–water partition coefficient (Wildman–Crippen LogP) is 4.46. The first-order valence-electron chi connectivity index (χ1n) is 10.1. The zero-order chi connectivity index (χ0) is 22.8. The normalized spacial score (nSPS) is 13.4. The predicted molar refractivity (Wildman–Crippen MR) is 115 cm³/mol. The Morgan fingerprint density at radius 3 is 2.56 bits per heavy atom. The van der Waals surface area contributed by atoms with Gasteiger partial charge in [-0.1, -0.05) is 17.7 Å². The lowest BCUT2D eigenvalue weighted by Gasteiger charge is -2.11. The van der Waals surface area contributed by atoms with Crippen LogP contribution in [0.3, 0.4) is 0 Å². The molecule has 2 amide bonds. The van der Waals surface area contributed by atoms with Crippen molar-refractivity contribution in [2.45, 2.75) is 45.2 Å². The van der Waals surface area contributed by atoms with Gasteiger partial charge in [0.25, 0.3) is 12.3 Å². The maximum atomic E-state index is 13.2. The molecule has 0 atom stereocenters. The van der Waals surface area contributed by atoms with E-state index in [4.69, 9.17) is 11.6 Å². The highest BCUT2D eigenvalue weighted by molar-refractivity contribution is 6.32. The second kappa shape index (κ2) is 9.07. The number of aryl methyl sites for hydroxylation is 1. The van der Waals surface area contributed by atoms with Crippen LogP contribution in [0.4, 0.5) is 20.2 Å². The van der Waals surface area contributed by atoms with Crippen molar-refractivity contribution < 1.29 is 18.4 Å². The summed E-state index contributed by atoms with van der Waals surface area (Å²) in [6, 6.07) is 8.24. The van der Waals surface area contributed by atoms with E-state index in [-0.39, 0.29) is 23.4 Å². The Labute approximate surface area is 187 Å². The quantitative estimate of drug-likeness (QED) is 0.517. The summed E-state index contributed by atoms with van der Waals surface area (Å²) in [4.78, 5) is 25.1. The number of alkyl halides is 2. The van der Waals surface area contributed by atoms with Crippen molar-refractivity contribution in [3.63, 3.8) is 0 Å². The molecule has 4 rings (SSSR count). The Hall–Kier alpha value is -3.27. The average molecular weight is 463 g/mol. The number of carbonyl (C=O) groups is 2. The molecule has 0 bridgehead atoms. The van der Waals surface area contributed by atoms with Crippen LogP contribution in [-0.4, -0.2) is 31.4 Å². The molecular weight excluding hydrogens is 442 g/mol. The number of rotatable bonds is 8. The first-order chi connectivity index (χ1) is 15.4. The zero-order valence-electron chi connectivity index (χ0n) is 17.2. The van der Waals surface area contributed by atoms with E-state index in [1.807, 2.05) is 6.92 Å². The summed E-state index contributed by atoms with van der Waals surface area (Å²) in [5, 5.41) is 13.3. The first-order valence-corrected chi connectivity index (χ1v) is 10.5.